The van der Waals surface area contributed by atoms with Gasteiger partial charge in [-0.25, -0.2) is 0 Å². The highest BCUT2D eigenvalue weighted by molar-refractivity contribution is 6.31. The Hall–Kier alpha value is -2.82. The van der Waals surface area contributed by atoms with Crippen molar-refractivity contribution in [3.8, 4) is 0 Å². The summed E-state index contributed by atoms with van der Waals surface area (Å²) in [6, 6.07) is 21.0. The van der Waals surface area contributed by atoms with E-state index in [-0.39, 0.29) is 6.42 Å². The highest BCUT2D eigenvalue weighted by atomic mass is 35.5. The van der Waals surface area contributed by atoms with Crippen LogP contribution in [-0.2, 0) is 20.7 Å². The molecule has 0 saturated carbocycles. The quantitative estimate of drug-likeness (QED) is 0.508. The molecule has 0 unspecified atom stereocenters. The fourth-order valence-corrected chi connectivity index (χ4v) is 3.03. The normalized spacial score (nSPS) is 11.6. The van der Waals surface area contributed by atoms with Gasteiger partial charge in [-0.2, -0.15) is 0 Å². The molecule has 0 aliphatic rings. The van der Waals surface area contributed by atoms with Gasteiger partial charge < -0.3 is 10.1 Å². The molecule has 0 heterocycles. The maximum absolute atomic E-state index is 12.9. The molecular weight excluding hydrogens is 409 g/mol. The molecule has 29 heavy (non-hydrogen) atoms. The molecule has 148 valence electrons. The van der Waals surface area contributed by atoms with Crippen molar-refractivity contribution in [2.75, 3.05) is 5.32 Å². The number of carbonyl (C=O) groups excluding carboxylic acids is 2. The van der Waals surface area contributed by atoms with E-state index in [0.717, 1.165) is 11.1 Å². The first-order chi connectivity index (χ1) is 13.9. The third kappa shape index (κ3) is 5.83. The lowest BCUT2D eigenvalue weighted by Crippen LogP contribution is -2.26. The van der Waals surface area contributed by atoms with Crippen LogP contribution in [-0.4, -0.2) is 11.9 Å². The average Bonchev–Trinajstić information content (AvgIpc) is 2.71. The van der Waals surface area contributed by atoms with E-state index in [4.69, 9.17) is 27.9 Å². The summed E-state index contributed by atoms with van der Waals surface area (Å²) >= 11 is 12.0. The van der Waals surface area contributed by atoms with Gasteiger partial charge >= 0.3 is 5.97 Å². The molecule has 3 aromatic rings. The maximum atomic E-state index is 12.9. The van der Waals surface area contributed by atoms with Crippen LogP contribution >= 0.6 is 23.2 Å². The maximum Gasteiger partial charge on any atom is 0.311 e. The molecule has 3 aromatic carbocycles. The van der Waals surface area contributed by atoms with Crippen molar-refractivity contribution in [1.29, 1.82) is 0 Å². The van der Waals surface area contributed by atoms with Crippen molar-refractivity contribution < 1.29 is 14.3 Å². The topological polar surface area (TPSA) is 55.4 Å². The number of rotatable bonds is 6. The molecule has 0 fully saturated rings. The summed E-state index contributed by atoms with van der Waals surface area (Å²) in [6.07, 6.45) is -1.06. The van der Waals surface area contributed by atoms with Crippen LogP contribution in [0, 0.1) is 6.92 Å². The van der Waals surface area contributed by atoms with Crippen LogP contribution in [0.25, 0.3) is 0 Å². The molecule has 0 aliphatic heterocycles. The van der Waals surface area contributed by atoms with Crippen molar-refractivity contribution in [2.45, 2.75) is 19.4 Å². The van der Waals surface area contributed by atoms with Gasteiger partial charge in [-0.1, -0.05) is 71.7 Å². The molecule has 6 heteroatoms. The Morgan fingerprint density at radius 2 is 1.66 bits per heavy atom. The highest BCUT2D eigenvalue weighted by Crippen LogP contribution is 2.24. The fourth-order valence-electron chi connectivity index (χ4n) is 2.72. The Morgan fingerprint density at radius 1 is 0.966 bits per heavy atom. The number of amides is 1. The summed E-state index contributed by atoms with van der Waals surface area (Å²) in [5.41, 5.74) is 2.75. The molecule has 0 radical (unpaired) electrons. The second-order valence-electron chi connectivity index (χ2n) is 6.54. The van der Waals surface area contributed by atoms with E-state index in [9.17, 15) is 9.59 Å². The lowest BCUT2D eigenvalue weighted by Gasteiger charge is -2.18. The van der Waals surface area contributed by atoms with Gasteiger partial charge in [0.25, 0.3) is 5.91 Å². The molecular formula is C23H19Cl2NO3. The third-order valence-electron chi connectivity index (χ3n) is 4.29. The van der Waals surface area contributed by atoms with Gasteiger partial charge in [0, 0.05) is 21.3 Å². The van der Waals surface area contributed by atoms with Crippen LogP contribution in [0.1, 0.15) is 22.8 Å². The molecule has 1 N–H and O–H groups in total. The van der Waals surface area contributed by atoms with Gasteiger partial charge in [0.15, 0.2) is 0 Å². The number of ether oxygens (including phenoxy) is 1. The number of nitrogens with one attached hydrogen (secondary N) is 1. The zero-order chi connectivity index (χ0) is 20.8. The highest BCUT2D eigenvalue weighted by Gasteiger charge is 2.25. The first kappa shape index (κ1) is 20.9. The van der Waals surface area contributed by atoms with Crippen LogP contribution in [0.15, 0.2) is 72.8 Å². The Labute approximate surface area is 179 Å². The molecule has 0 saturated heterocycles. The van der Waals surface area contributed by atoms with Crippen LogP contribution in [0.2, 0.25) is 10.0 Å². The molecule has 4 nitrogen and oxygen atoms in total. The van der Waals surface area contributed by atoms with Crippen molar-refractivity contribution in [1.82, 2.24) is 0 Å². The van der Waals surface area contributed by atoms with Crippen molar-refractivity contribution in [3.05, 3.63) is 99.5 Å². The first-order valence-electron chi connectivity index (χ1n) is 8.98. The van der Waals surface area contributed by atoms with E-state index in [2.05, 4.69) is 5.32 Å². The molecule has 1 amide bonds. The predicted octanol–water partition coefficient (Wildman–Crippen LogP) is 5.77. The van der Waals surface area contributed by atoms with Crippen molar-refractivity contribution in [3.63, 3.8) is 0 Å². The summed E-state index contributed by atoms with van der Waals surface area (Å²) in [5.74, 6) is -0.973. The average molecular weight is 428 g/mol. The Morgan fingerprint density at radius 3 is 2.31 bits per heavy atom. The molecule has 0 spiro atoms. The Bertz CT molecular complexity index is 1000. The number of hydrogen-bond acceptors (Lipinski definition) is 3. The van der Waals surface area contributed by atoms with E-state index in [1.54, 1.807) is 60.7 Å². The van der Waals surface area contributed by atoms with Crippen LogP contribution in [0.5, 0.6) is 0 Å². The van der Waals surface area contributed by atoms with E-state index in [1.807, 2.05) is 19.1 Å². The number of esters is 1. The summed E-state index contributed by atoms with van der Waals surface area (Å²) < 4.78 is 5.54. The molecule has 3 rings (SSSR count). The number of benzene rings is 3. The second-order valence-corrected chi connectivity index (χ2v) is 7.38. The van der Waals surface area contributed by atoms with Crippen molar-refractivity contribution in [2.24, 2.45) is 0 Å². The Kier molecular flexibility index (Phi) is 6.91. The largest absolute Gasteiger partial charge is 0.447 e. The minimum atomic E-state index is -1.09. The molecule has 0 aliphatic carbocycles. The summed E-state index contributed by atoms with van der Waals surface area (Å²) in [4.78, 5) is 25.4. The van der Waals surface area contributed by atoms with E-state index in [1.165, 1.54) is 0 Å². The molecule has 1 atom stereocenters. The van der Waals surface area contributed by atoms with E-state index < -0.39 is 18.0 Å². The minimum absolute atomic E-state index is 0.0319. The zero-order valence-electron chi connectivity index (χ0n) is 15.7. The van der Waals surface area contributed by atoms with Gasteiger partial charge in [0.05, 0.1) is 6.42 Å². The summed E-state index contributed by atoms with van der Waals surface area (Å²) in [7, 11) is 0. The van der Waals surface area contributed by atoms with Gasteiger partial charge in [-0.15, -0.1) is 0 Å². The number of carbonyl (C=O) groups is 2. The zero-order valence-corrected chi connectivity index (χ0v) is 17.2. The standard InChI is InChI=1S/C23H19Cl2NO3/c1-15-7-12-19(14-20(15)25)26-23(28)22(17-5-3-2-4-6-17)29-21(27)13-16-8-10-18(24)11-9-16/h2-12,14,22H,13H2,1H3,(H,26,28)/t22-/m1/s1. The van der Waals surface area contributed by atoms with Crippen LogP contribution in [0.3, 0.4) is 0 Å². The first-order valence-corrected chi connectivity index (χ1v) is 9.74. The second kappa shape index (κ2) is 9.59. The lowest BCUT2D eigenvalue weighted by atomic mass is 10.1. The Balaban J connectivity index is 1.77. The SMILES string of the molecule is Cc1ccc(NC(=O)[C@H](OC(=O)Cc2ccc(Cl)cc2)c2ccccc2)cc1Cl. The van der Waals surface area contributed by atoms with Gasteiger partial charge in [-0.05, 0) is 42.3 Å². The van der Waals surface area contributed by atoms with Crippen LogP contribution < -0.4 is 5.32 Å². The number of hydrogen-bond donors (Lipinski definition) is 1. The van der Waals surface area contributed by atoms with Gasteiger partial charge in [0.2, 0.25) is 6.10 Å². The van der Waals surface area contributed by atoms with E-state index >= 15 is 0 Å². The summed E-state index contributed by atoms with van der Waals surface area (Å²) in [5, 5.41) is 3.89. The smallest absolute Gasteiger partial charge is 0.311 e. The number of anilines is 1. The third-order valence-corrected chi connectivity index (χ3v) is 4.95. The number of halogens is 2. The fraction of sp³-hybridized carbons (Fsp3) is 0.130. The van der Waals surface area contributed by atoms with Gasteiger partial charge in [-0.3, -0.25) is 9.59 Å². The predicted molar refractivity (Wildman–Crippen MR) is 115 cm³/mol. The number of aryl methyl sites for hydroxylation is 1. The van der Waals surface area contributed by atoms with Crippen molar-refractivity contribution >= 4 is 40.8 Å². The van der Waals surface area contributed by atoms with Gasteiger partial charge in [0.1, 0.15) is 0 Å². The summed E-state index contributed by atoms with van der Waals surface area (Å²) in [6.45, 7) is 1.87. The minimum Gasteiger partial charge on any atom is -0.447 e. The monoisotopic (exact) mass is 427 g/mol. The van der Waals surface area contributed by atoms with E-state index in [0.29, 0.717) is 21.3 Å². The van der Waals surface area contributed by atoms with Crippen LogP contribution in [0.4, 0.5) is 5.69 Å². The lowest BCUT2D eigenvalue weighted by molar-refractivity contribution is -0.154. The molecule has 0 bridgehead atoms. The molecule has 0 aromatic heterocycles.